The number of nitrogens with one attached hydrogen (secondary N) is 1. The fourth-order valence-corrected chi connectivity index (χ4v) is 2.55. The minimum Gasteiger partial charge on any atom is -0.493 e. The van der Waals surface area contributed by atoms with Gasteiger partial charge in [0, 0.05) is 11.8 Å². The molecule has 1 aliphatic heterocycles. The molecule has 0 fully saturated rings. The predicted molar refractivity (Wildman–Crippen MR) is 102 cm³/mol. The highest BCUT2D eigenvalue weighted by atomic mass is 16.5. The molecule has 2 bridgehead atoms. The summed E-state index contributed by atoms with van der Waals surface area (Å²) in [4.78, 5) is 28.1. The van der Waals surface area contributed by atoms with Crippen LogP contribution in [-0.4, -0.2) is 29.8 Å². The largest absolute Gasteiger partial charge is 0.493 e. The number of hydrogen-bond donors (Lipinski definition) is 1. The van der Waals surface area contributed by atoms with Crippen molar-refractivity contribution in [3.05, 3.63) is 60.3 Å². The van der Waals surface area contributed by atoms with Gasteiger partial charge < -0.3 is 14.8 Å². The Labute approximate surface area is 154 Å². The van der Waals surface area contributed by atoms with Crippen molar-refractivity contribution in [3.63, 3.8) is 0 Å². The Morgan fingerprint density at radius 2 is 2.04 bits per heavy atom. The van der Waals surface area contributed by atoms with E-state index in [0.29, 0.717) is 24.3 Å². The SMILES string of the molecule is CC.O=CC1C/C=C\CCOc2cccc(c2)-c2ncccc2C(=O)N1. The third-order valence-electron chi connectivity index (χ3n) is 3.75. The summed E-state index contributed by atoms with van der Waals surface area (Å²) in [6.45, 7) is 4.55. The lowest BCUT2D eigenvalue weighted by atomic mass is 10.0. The van der Waals surface area contributed by atoms with Gasteiger partial charge in [-0.15, -0.1) is 0 Å². The molecule has 1 unspecified atom stereocenters. The Bertz CT molecular complexity index is 771. The molecule has 1 aromatic carbocycles. The van der Waals surface area contributed by atoms with Crippen LogP contribution in [0.5, 0.6) is 5.75 Å². The maximum atomic E-state index is 12.6. The number of ether oxygens (including phenoxy) is 1. The zero-order valence-corrected chi connectivity index (χ0v) is 15.1. The molecule has 1 aromatic heterocycles. The number of hydrogen-bond acceptors (Lipinski definition) is 4. The van der Waals surface area contributed by atoms with Gasteiger partial charge in [0.15, 0.2) is 0 Å². The van der Waals surface area contributed by atoms with Crippen LogP contribution in [0.3, 0.4) is 0 Å². The van der Waals surface area contributed by atoms with Gasteiger partial charge in [-0.05, 0) is 37.1 Å². The van der Waals surface area contributed by atoms with Gasteiger partial charge in [-0.3, -0.25) is 9.78 Å². The van der Waals surface area contributed by atoms with Gasteiger partial charge in [0.05, 0.1) is 23.9 Å². The minimum atomic E-state index is -0.558. The Balaban J connectivity index is 0.00000117. The van der Waals surface area contributed by atoms with Gasteiger partial charge in [0.1, 0.15) is 12.0 Å². The third kappa shape index (κ3) is 5.02. The summed E-state index contributed by atoms with van der Waals surface area (Å²) in [5.74, 6) is 0.424. The van der Waals surface area contributed by atoms with Crippen LogP contribution in [0.1, 0.15) is 37.0 Å². The van der Waals surface area contributed by atoms with Crippen LogP contribution in [0.25, 0.3) is 11.3 Å². The molecule has 0 aliphatic carbocycles. The first-order valence-electron chi connectivity index (χ1n) is 8.87. The standard InChI is InChI=1S/C19H18N2O3.C2H6/c22-13-15-7-2-1-3-11-24-16-8-4-6-14(12-16)18-17(19(23)21-15)9-5-10-20-18;1-2/h1-2,4-6,8-10,12-13,15H,3,7,11H2,(H,21,23);1-2H3/b2-1-;. The zero-order valence-electron chi connectivity index (χ0n) is 15.1. The number of carbonyl (C=O) groups excluding carboxylic acids is 2. The minimum absolute atomic E-state index is 0.313. The van der Waals surface area contributed by atoms with Gasteiger partial charge in [0.2, 0.25) is 0 Å². The van der Waals surface area contributed by atoms with Gasteiger partial charge in [0.25, 0.3) is 5.91 Å². The lowest BCUT2D eigenvalue weighted by Crippen LogP contribution is -2.36. The molecule has 136 valence electrons. The highest BCUT2D eigenvalue weighted by Gasteiger charge is 2.17. The van der Waals surface area contributed by atoms with E-state index in [4.69, 9.17) is 4.74 Å². The number of fused-ring (bicyclic) bond motifs is 4. The topological polar surface area (TPSA) is 68.3 Å². The molecular formula is C21H24N2O3. The molecule has 0 radical (unpaired) electrons. The van der Waals surface area contributed by atoms with Gasteiger partial charge >= 0.3 is 0 Å². The van der Waals surface area contributed by atoms with Crippen LogP contribution in [0.2, 0.25) is 0 Å². The monoisotopic (exact) mass is 352 g/mol. The number of pyridine rings is 1. The molecule has 1 aliphatic rings. The van der Waals surface area contributed by atoms with Crippen molar-refractivity contribution in [2.24, 2.45) is 0 Å². The molecule has 1 N–H and O–H groups in total. The van der Waals surface area contributed by atoms with Crippen molar-refractivity contribution >= 4 is 12.2 Å². The van der Waals surface area contributed by atoms with E-state index in [2.05, 4.69) is 10.3 Å². The number of carbonyl (C=O) groups is 2. The van der Waals surface area contributed by atoms with E-state index in [1.165, 1.54) is 0 Å². The fraction of sp³-hybridized carbons (Fsp3) is 0.286. The van der Waals surface area contributed by atoms with E-state index in [1.54, 1.807) is 18.3 Å². The first kappa shape index (κ1) is 19.4. The van der Waals surface area contributed by atoms with Crippen molar-refractivity contribution in [1.29, 1.82) is 0 Å². The number of nitrogens with zero attached hydrogens (tertiary/aromatic N) is 1. The van der Waals surface area contributed by atoms with Crippen molar-refractivity contribution in [1.82, 2.24) is 10.3 Å². The highest BCUT2D eigenvalue weighted by molar-refractivity contribution is 6.01. The van der Waals surface area contributed by atoms with Gasteiger partial charge in [-0.2, -0.15) is 0 Å². The van der Waals surface area contributed by atoms with Crippen molar-refractivity contribution in [3.8, 4) is 17.0 Å². The fourth-order valence-electron chi connectivity index (χ4n) is 2.55. The van der Waals surface area contributed by atoms with E-state index in [0.717, 1.165) is 24.0 Å². The third-order valence-corrected chi connectivity index (χ3v) is 3.75. The number of amides is 1. The van der Waals surface area contributed by atoms with E-state index < -0.39 is 6.04 Å². The molecular weight excluding hydrogens is 328 g/mol. The Kier molecular flexibility index (Phi) is 7.55. The molecule has 3 rings (SSSR count). The summed E-state index contributed by atoms with van der Waals surface area (Å²) in [6, 6.07) is 10.4. The van der Waals surface area contributed by atoms with Crippen molar-refractivity contribution in [2.45, 2.75) is 32.7 Å². The molecule has 0 saturated carbocycles. The molecule has 5 heteroatoms. The average molecular weight is 352 g/mol. The molecule has 26 heavy (non-hydrogen) atoms. The molecule has 2 heterocycles. The van der Waals surface area contributed by atoms with E-state index in [9.17, 15) is 9.59 Å². The van der Waals surface area contributed by atoms with Crippen LogP contribution < -0.4 is 10.1 Å². The quantitative estimate of drug-likeness (QED) is 0.626. The normalized spacial score (nSPS) is 17.9. The van der Waals surface area contributed by atoms with Crippen LogP contribution in [0, 0.1) is 0 Å². The smallest absolute Gasteiger partial charge is 0.254 e. The molecule has 5 nitrogen and oxygen atoms in total. The Hall–Kier alpha value is -2.95. The number of benzene rings is 1. The maximum absolute atomic E-state index is 12.6. The van der Waals surface area contributed by atoms with Crippen LogP contribution in [0.4, 0.5) is 0 Å². The van der Waals surface area contributed by atoms with E-state index in [1.807, 2.05) is 50.3 Å². The van der Waals surface area contributed by atoms with E-state index in [-0.39, 0.29) is 5.91 Å². The predicted octanol–water partition coefficient (Wildman–Crippen LogP) is 3.80. The molecule has 1 atom stereocenters. The second kappa shape index (κ2) is 10.1. The molecule has 2 aromatic rings. The van der Waals surface area contributed by atoms with Gasteiger partial charge in [-0.1, -0.05) is 38.1 Å². The number of aromatic nitrogens is 1. The van der Waals surface area contributed by atoms with Gasteiger partial charge in [-0.25, -0.2) is 0 Å². The van der Waals surface area contributed by atoms with Crippen LogP contribution >= 0.6 is 0 Å². The molecule has 1 amide bonds. The first-order chi connectivity index (χ1) is 12.8. The Morgan fingerprint density at radius 3 is 2.85 bits per heavy atom. The van der Waals surface area contributed by atoms with Crippen molar-refractivity contribution in [2.75, 3.05) is 6.61 Å². The maximum Gasteiger partial charge on any atom is 0.254 e. The lowest BCUT2D eigenvalue weighted by Gasteiger charge is -2.14. The summed E-state index contributed by atoms with van der Waals surface area (Å²) < 4.78 is 5.74. The Morgan fingerprint density at radius 1 is 1.19 bits per heavy atom. The van der Waals surface area contributed by atoms with Crippen LogP contribution in [0.15, 0.2) is 54.7 Å². The van der Waals surface area contributed by atoms with Crippen molar-refractivity contribution < 1.29 is 14.3 Å². The van der Waals surface area contributed by atoms with E-state index >= 15 is 0 Å². The highest BCUT2D eigenvalue weighted by Crippen LogP contribution is 2.25. The second-order valence-corrected chi connectivity index (χ2v) is 5.49. The summed E-state index contributed by atoms with van der Waals surface area (Å²) in [7, 11) is 0. The second-order valence-electron chi connectivity index (χ2n) is 5.49. The average Bonchev–Trinajstić information content (AvgIpc) is 2.70. The first-order valence-corrected chi connectivity index (χ1v) is 8.87. The summed E-state index contributed by atoms with van der Waals surface area (Å²) in [6.07, 6.45) is 7.42. The molecule has 0 spiro atoms. The lowest BCUT2D eigenvalue weighted by molar-refractivity contribution is -0.109. The van der Waals surface area contributed by atoms with Crippen LogP contribution in [-0.2, 0) is 4.79 Å². The molecule has 0 saturated heterocycles. The number of aldehydes is 1. The number of rotatable bonds is 1. The summed E-state index contributed by atoms with van der Waals surface area (Å²) in [5, 5.41) is 2.76. The summed E-state index contributed by atoms with van der Waals surface area (Å²) >= 11 is 0. The zero-order chi connectivity index (χ0) is 18.8. The summed E-state index contributed by atoms with van der Waals surface area (Å²) in [5.41, 5.74) is 1.80.